The van der Waals surface area contributed by atoms with Gasteiger partial charge in [0.1, 0.15) is 12.3 Å². The Hall–Kier alpha value is -0.580. The normalized spacial score (nSPS) is 10.8. The highest BCUT2D eigenvalue weighted by atomic mass is 79.9. The number of para-hydroxylation sites is 1. The molecule has 0 radical (unpaired) electrons. The van der Waals surface area contributed by atoms with Crippen molar-refractivity contribution < 1.29 is 31.3 Å². The maximum atomic E-state index is 8.91. The highest BCUT2D eigenvalue weighted by Gasteiger charge is 2.12. The van der Waals surface area contributed by atoms with E-state index >= 15 is 0 Å². The number of unbranched alkanes of at least 4 members (excludes halogenated alkanes) is 1. The molecule has 0 spiro atoms. The summed E-state index contributed by atoms with van der Waals surface area (Å²) in [4.78, 5) is 0. The lowest BCUT2D eigenvalue weighted by atomic mass is 10.3. The van der Waals surface area contributed by atoms with E-state index in [1.54, 1.807) is 0 Å². The van der Waals surface area contributed by atoms with Gasteiger partial charge < -0.3 is 31.3 Å². The fourth-order valence-corrected chi connectivity index (χ4v) is 1.73. The first-order valence-electron chi connectivity index (χ1n) is 6.25. The lowest BCUT2D eigenvalue weighted by molar-refractivity contribution is -0.890. The topological polar surface area (TPSA) is 29.5 Å². The van der Waals surface area contributed by atoms with E-state index in [9.17, 15) is 0 Å². The Labute approximate surface area is 121 Å². The Bertz CT molecular complexity index is 304. The summed E-state index contributed by atoms with van der Waals surface area (Å²) in [6.07, 6.45) is 2.18. The first kappa shape index (κ1) is 17.4. The molecule has 0 aliphatic heterocycles. The van der Waals surface area contributed by atoms with Crippen molar-refractivity contribution in [2.75, 3.05) is 40.4 Å². The first-order valence-corrected chi connectivity index (χ1v) is 6.25. The van der Waals surface area contributed by atoms with Gasteiger partial charge in [-0.2, -0.15) is 0 Å². The van der Waals surface area contributed by atoms with Crippen molar-refractivity contribution in [3.63, 3.8) is 0 Å². The molecule has 0 fully saturated rings. The van der Waals surface area contributed by atoms with Crippen molar-refractivity contribution in [3.8, 4) is 5.75 Å². The fraction of sp³-hybridized carbons (Fsp3) is 0.571. The molecule has 4 heteroatoms. The minimum atomic E-state index is 0. The largest absolute Gasteiger partial charge is 1.00 e. The van der Waals surface area contributed by atoms with Gasteiger partial charge in [0.2, 0.25) is 0 Å². The molecule has 1 aromatic rings. The number of aliphatic hydroxyl groups excluding tert-OH is 1. The molecular formula is C14H24BrNO2. The van der Waals surface area contributed by atoms with Crippen LogP contribution in [0.25, 0.3) is 0 Å². The average Bonchev–Trinajstić information content (AvgIpc) is 2.30. The summed E-state index contributed by atoms with van der Waals surface area (Å²) in [6.45, 7) is 2.93. The van der Waals surface area contributed by atoms with E-state index in [0.717, 1.165) is 42.8 Å². The zero-order valence-electron chi connectivity index (χ0n) is 11.3. The van der Waals surface area contributed by atoms with Crippen LogP contribution in [0.3, 0.4) is 0 Å². The van der Waals surface area contributed by atoms with Crippen molar-refractivity contribution in [1.29, 1.82) is 0 Å². The third-order valence-corrected chi connectivity index (χ3v) is 2.88. The molecule has 0 aliphatic carbocycles. The molecule has 0 atom stereocenters. The van der Waals surface area contributed by atoms with E-state index in [-0.39, 0.29) is 23.6 Å². The third kappa shape index (κ3) is 7.69. The number of nitrogens with zero attached hydrogens (tertiary/aromatic N) is 1. The molecule has 0 heterocycles. The molecule has 0 bridgehead atoms. The predicted octanol–water partition coefficient (Wildman–Crippen LogP) is -1.08. The van der Waals surface area contributed by atoms with E-state index in [2.05, 4.69) is 14.1 Å². The van der Waals surface area contributed by atoms with Crippen LogP contribution in [0, 0.1) is 0 Å². The molecule has 1 rings (SSSR count). The summed E-state index contributed by atoms with van der Waals surface area (Å²) >= 11 is 0. The van der Waals surface area contributed by atoms with Crippen molar-refractivity contribution >= 4 is 0 Å². The minimum Gasteiger partial charge on any atom is -1.00 e. The van der Waals surface area contributed by atoms with Gasteiger partial charge in [-0.1, -0.05) is 18.2 Å². The maximum absolute atomic E-state index is 8.91. The third-order valence-electron chi connectivity index (χ3n) is 2.88. The van der Waals surface area contributed by atoms with Crippen molar-refractivity contribution in [2.24, 2.45) is 0 Å². The van der Waals surface area contributed by atoms with Gasteiger partial charge in [0.05, 0.1) is 33.9 Å². The molecule has 18 heavy (non-hydrogen) atoms. The summed E-state index contributed by atoms with van der Waals surface area (Å²) in [5.41, 5.74) is 0. The average molecular weight is 318 g/mol. The van der Waals surface area contributed by atoms with E-state index in [1.165, 1.54) is 0 Å². The van der Waals surface area contributed by atoms with Crippen LogP contribution >= 0.6 is 0 Å². The molecular weight excluding hydrogens is 294 g/mol. The van der Waals surface area contributed by atoms with Crippen LogP contribution in [0.4, 0.5) is 0 Å². The number of rotatable bonds is 8. The SMILES string of the molecule is C[N+](C)(CCO)CCCCOc1ccccc1.[Br-]. The van der Waals surface area contributed by atoms with Gasteiger partial charge in [0, 0.05) is 0 Å². The van der Waals surface area contributed by atoms with Crippen molar-refractivity contribution in [2.45, 2.75) is 12.8 Å². The number of ether oxygens (including phenoxy) is 1. The van der Waals surface area contributed by atoms with Gasteiger partial charge in [-0.25, -0.2) is 0 Å². The Kier molecular flexibility index (Phi) is 9.06. The summed E-state index contributed by atoms with van der Waals surface area (Å²) < 4.78 is 6.50. The van der Waals surface area contributed by atoms with Crippen LogP contribution in [0.5, 0.6) is 5.75 Å². The number of hydrogen-bond acceptors (Lipinski definition) is 2. The fourth-order valence-electron chi connectivity index (χ4n) is 1.73. The molecule has 0 unspecified atom stereocenters. The predicted molar refractivity (Wildman–Crippen MR) is 70.1 cm³/mol. The van der Waals surface area contributed by atoms with Gasteiger partial charge in [-0.05, 0) is 25.0 Å². The van der Waals surface area contributed by atoms with Gasteiger partial charge in [0.15, 0.2) is 0 Å². The highest BCUT2D eigenvalue weighted by Crippen LogP contribution is 2.09. The zero-order chi connectivity index (χ0) is 12.6. The monoisotopic (exact) mass is 317 g/mol. The number of halogens is 1. The van der Waals surface area contributed by atoms with Crippen LogP contribution in [0.15, 0.2) is 30.3 Å². The van der Waals surface area contributed by atoms with Crippen molar-refractivity contribution in [1.82, 2.24) is 0 Å². The van der Waals surface area contributed by atoms with Crippen LogP contribution in [0.2, 0.25) is 0 Å². The highest BCUT2D eigenvalue weighted by molar-refractivity contribution is 5.20. The molecule has 0 amide bonds. The smallest absolute Gasteiger partial charge is 0.119 e. The second kappa shape index (κ2) is 9.36. The summed E-state index contributed by atoms with van der Waals surface area (Å²) in [7, 11) is 4.29. The van der Waals surface area contributed by atoms with Gasteiger partial charge in [0.25, 0.3) is 0 Å². The molecule has 0 saturated heterocycles. The van der Waals surface area contributed by atoms with Gasteiger partial charge in [-0.15, -0.1) is 0 Å². The van der Waals surface area contributed by atoms with E-state index in [1.807, 2.05) is 30.3 Å². The summed E-state index contributed by atoms with van der Waals surface area (Å²) in [6, 6.07) is 9.91. The standard InChI is InChI=1S/C14H24NO2.BrH/c1-15(2,11-12-16)10-6-7-13-17-14-8-4-3-5-9-14;/h3-5,8-9,16H,6-7,10-13H2,1-2H3;1H/q+1;/p-1. The quantitative estimate of drug-likeness (QED) is 0.488. The van der Waals surface area contributed by atoms with Crippen LogP contribution in [0.1, 0.15) is 12.8 Å². The number of hydrogen-bond donors (Lipinski definition) is 1. The summed E-state index contributed by atoms with van der Waals surface area (Å²) in [5.74, 6) is 0.941. The number of quaternary nitrogens is 1. The number of aliphatic hydroxyl groups is 1. The molecule has 1 N–H and O–H groups in total. The number of benzene rings is 1. The van der Waals surface area contributed by atoms with E-state index in [0.29, 0.717) is 0 Å². The molecule has 3 nitrogen and oxygen atoms in total. The van der Waals surface area contributed by atoms with Crippen molar-refractivity contribution in [3.05, 3.63) is 30.3 Å². The first-order chi connectivity index (χ1) is 8.14. The lowest BCUT2D eigenvalue weighted by Crippen LogP contribution is -3.00. The molecule has 0 aliphatic rings. The Morgan fingerprint density at radius 1 is 1.06 bits per heavy atom. The van der Waals surface area contributed by atoms with Crippen LogP contribution in [-0.2, 0) is 0 Å². The van der Waals surface area contributed by atoms with Crippen LogP contribution in [-0.4, -0.2) is 50.0 Å². The Morgan fingerprint density at radius 3 is 2.33 bits per heavy atom. The van der Waals surface area contributed by atoms with E-state index in [4.69, 9.17) is 9.84 Å². The van der Waals surface area contributed by atoms with Gasteiger partial charge >= 0.3 is 0 Å². The second-order valence-electron chi connectivity index (χ2n) is 4.98. The Balaban J connectivity index is 0.00000289. The van der Waals surface area contributed by atoms with E-state index < -0.39 is 0 Å². The molecule has 0 aromatic heterocycles. The van der Waals surface area contributed by atoms with Gasteiger partial charge in [-0.3, -0.25) is 0 Å². The molecule has 1 aromatic carbocycles. The summed E-state index contributed by atoms with van der Waals surface area (Å²) in [5, 5.41) is 8.91. The second-order valence-corrected chi connectivity index (χ2v) is 4.98. The number of likely N-dealkylation sites (N-methyl/N-ethyl adjacent to an activating group) is 1. The molecule has 104 valence electrons. The maximum Gasteiger partial charge on any atom is 0.119 e. The Morgan fingerprint density at radius 2 is 1.72 bits per heavy atom. The zero-order valence-corrected chi connectivity index (χ0v) is 12.9. The molecule has 0 saturated carbocycles. The van der Waals surface area contributed by atoms with Crippen LogP contribution < -0.4 is 21.7 Å². The lowest BCUT2D eigenvalue weighted by Gasteiger charge is -2.28. The minimum absolute atomic E-state index is 0.